The SMILES string of the molecule is CNc1ncccc1S(=O)(=O)Nc1cc(F)cc(F)c1F. The minimum absolute atomic E-state index is 0.0160. The van der Waals surface area contributed by atoms with Crippen molar-refractivity contribution in [1.82, 2.24) is 4.98 Å². The summed E-state index contributed by atoms with van der Waals surface area (Å²) in [6, 6.07) is 3.44. The Morgan fingerprint density at radius 2 is 1.90 bits per heavy atom. The molecule has 0 aliphatic heterocycles. The van der Waals surface area contributed by atoms with Gasteiger partial charge in [0.1, 0.15) is 16.5 Å². The molecule has 21 heavy (non-hydrogen) atoms. The fourth-order valence-electron chi connectivity index (χ4n) is 1.63. The molecular formula is C12H10F3N3O2S. The van der Waals surface area contributed by atoms with Gasteiger partial charge in [-0.2, -0.15) is 0 Å². The molecule has 0 fully saturated rings. The quantitative estimate of drug-likeness (QED) is 0.849. The van der Waals surface area contributed by atoms with Gasteiger partial charge >= 0.3 is 0 Å². The molecule has 0 aliphatic carbocycles. The van der Waals surface area contributed by atoms with Crippen LogP contribution in [0.4, 0.5) is 24.7 Å². The first-order valence-electron chi connectivity index (χ1n) is 5.65. The maximum Gasteiger partial charge on any atom is 0.265 e. The lowest BCUT2D eigenvalue weighted by Crippen LogP contribution is -2.16. The molecule has 0 amide bonds. The van der Waals surface area contributed by atoms with Crippen LogP contribution in [0.2, 0.25) is 0 Å². The van der Waals surface area contributed by atoms with Gasteiger partial charge in [-0.15, -0.1) is 0 Å². The Hall–Kier alpha value is -2.29. The summed E-state index contributed by atoms with van der Waals surface area (Å²) in [6.07, 6.45) is 1.35. The van der Waals surface area contributed by atoms with Crippen LogP contribution in [0.15, 0.2) is 35.4 Å². The highest BCUT2D eigenvalue weighted by atomic mass is 32.2. The van der Waals surface area contributed by atoms with Crippen LogP contribution < -0.4 is 10.0 Å². The van der Waals surface area contributed by atoms with Gasteiger partial charge in [0.15, 0.2) is 11.6 Å². The standard InChI is InChI=1S/C12H10F3N3O2S/c1-16-12-10(3-2-4-17-12)21(19,20)18-9-6-7(13)5-8(14)11(9)15/h2-6,18H,1H3,(H,16,17). The summed E-state index contributed by atoms with van der Waals surface area (Å²) in [6.45, 7) is 0. The van der Waals surface area contributed by atoms with Crippen LogP contribution in [0.5, 0.6) is 0 Å². The van der Waals surface area contributed by atoms with Gasteiger partial charge in [0.25, 0.3) is 10.0 Å². The van der Waals surface area contributed by atoms with Gasteiger partial charge in [-0.1, -0.05) is 0 Å². The Bertz CT molecular complexity index is 781. The minimum atomic E-state index is -4.26. The van der Waals surface area contributed by atoms with Gasteiger partial charge < -0.3 is 5.32 Å². The lowest BCUT2D eigenvalue weighted by atomic mass is 10.3. The van der Waals surface area contributed by atoms with Crippen LogP contribution in [0.3, 0.4) is 0 Å². The van der Waals surface area contributed by atoms with E-state index in [-0.39, 0.29) is 10.7 Å². The number of sulfonamides is 1. The predicted molar refractivity (Wildman–Crippen MR) is 70.9 cm³/mol. The molecule has 0 spiro atoms. The van der Waals surface area contributed by atoms with E-state index in [1.165, 1.54) is 25.4 Å². The van der Waals surface area contributed by atoms with E-state index in [1.807, 2.05) is 0 Å². The van der Waals surface area contributed by atoms with Crippen molar-refractivity contribution in [2.45, 2.75) is 4.90 Å². The number of aromatic nitrogens is 1. The summed E-state index contributed by atoms with van der Waals surface area (Å²) < 4.78 is 65.8. The molecule has 0 bridgehead atoms. The van der Waals surface area contributed by atoms with Gasteiger partial charge in [-0.3, -0.25) is 4.72 Å². The number of nitrogens with one attached hydrogen (secondary N) is 2. The van der Waals surface area contributed by atoms with E-state index in [4.69, 9.17) is 0 Å². The highest BCUT2D eigenvalue weighted by Crippen LogP contribution is 2.25. The van der Waals surface area contributed by atoms with Gasteiger partial charge in [0.05, 0.1) is 5.69 Å². The molecule has 112 valence electrons. The second-order valence-corrected chi connectivity index (χ2v) is 5.61. The first kappa shape index (κ1) is 15.1. The number of hydrogen-bond donors (Lipinski definition) is 2. The molecule has 0 radical (unpaired) electrons. The Morgan fingerprint density at radius 3 is 2.57 bits per heavy atom. The van der Waals surface area contributed by atoms with Crippen molar-refractivity contribution in [3.63, 3.8) is 0 Å². The van der Waals surface area contributed by atoms with Crippen LogP contribution >= 0.6 is 0 Å². The average molecular weight is 317 g/mol. The van der Waals surface area contributed by atoms with Crippen LogP contribution in [0.25, 0.3) is 0 Å². The number of nitrogens with zero attached hydrogens (tertiary/aromatic N) is 1. The second-order valence-electron chi connectivity index (χ2n) is 3.95. The van der Waals surface area contributed by atoms with E-state index in [0.717, 1.165) is 0 Å². The van der Waals surface area contributed by atoms with Crippen molar-refractivity contribution in [3.8, 4) is 0 Å². The number of benzene rings is 1. The summed E-state index contributed by atoms with van der Waals surface area (Å²) in [5.74, 6) is -4.07. The van der Waals surface area contributed by atoms with Gasteiger partial charge in [-0.05, 0) is 12.1 Å². The molecule has 0 atom stereocenters. The van der Waals surface area contributed by atoms with E-state index in [0.29, 0.717) is 12.1 Å². The van der Waals surface area contributed by atoms with Crippen molar-refractivity contribution in [1.29, 1.82) is 0 Å². The van der Waals surface area contributed by atoms with E-state index >= 15 is 0 Å². The molecule has 2 rings (SSSR count). The summed E-state index contributed by atoms with van der Waals surface area (Å²) >= 11 is 0. The van der Waals surface area contributed by atoms with Crippen LogP contribution in [0.1, 0.15) is 0 Å². The zero-order chi connectivity index (χ0) is 15.6. The third kappa shape index (κ3) is 3.07. The first-order valence-corrected chi connectivity index (χ1v) is 7.13. The summed E-state index contributed by atoms with van der Waals surface area (Å²) in [5, 5.41) is 2.55. The van der Waals surface area contributed by atoms with Crippen molar-refractivity contribution in [2.75, 3.05) is 17.1 Å². The Morgan fingerprint density at radius 1 is 1.19 bits per heavy atom. The lowest BCUT2D eigenvalue weighted by molar-refractivity contribution is 0.498. The van der Waals surface area contributed by atoms with Crippen molar-refractivity contribution < 1.29 is 21.6 Å². The number of pyridine rings is 1. The van der Waals surface area contributed by atoms with Crippen molar-refractivity contribution in [2.24, 2.45) is 0 Å². The van der Waals surface area contributed by atoms with Gasteiger partial charge in [-0.25, -0.2) is 26.6 Å². The molecule has 1 aromatic carbocycles. The molecule has 0 saturated carbocycles. The molecule has 5 nitrogen and oxygen atoms in total. The largest absolute Gasteiger partial charge is 0.372 e. The number of hydrogen-bond acceptors (Lipinski definition) is 4. The fourth-order valence-corrected chi connectivity index (χ4v) is 2.84. The molecule has 0 aliphatic rings. The number of halogens is 3. The minimum Gasteiger partial charge on any atom is -0.372 e. The normalized spacial score (nSPS) is 11.2. The smallest absolute Gasteiger partial charge is 0.265 e. The Labute approximate surface area is 118 Å². The maximum absolute atomic E-state index is 13.5. The first-order chi connectivity index (χ1) is 9.85. The van der Waals surface area contributed by atoms with Crippen LogP contribution in [-0.4, -0.2) is 20.4 Å². The van der Waals surface area contributed by atoms with E-state index in [2.05, 4.69) is 10.3 Å². The van der Waals surface area contributed by atoms with Crippen molar-refractivity contribution in [3.05, 3.63) is 47.9 Å². The molecule has 2 N–H and O–H groups in total. The fraction of sp³-hybridized carbons (Fsp3) is 0.0833. The van der Waals surface area contributed by atoms with E-state index in [1.54, 1.807) is 4.72 Å². The molecule has 9 heteroatoms. The molecule has 2 aromatic rings. The van der Waals surface area contributed by atoms with E-state index < -0.39 is 33.2 Å². The second kappa shape index (κ2) is 5.60. The Balaban J connectivity index is 2.47. The maximum atomic E-state index is 13.5. The molecule has 0 unspecified atom stereocenters. The molecule has 1 aromatic heterocycles. The van der Waals surface area contributed by atoms with Gasteiger partial charge in [0.2, 0.25) is 0 Å². The summed E-state index contributed by atoms with van der Waals surface area (Å²) in [4.78, 5) is 3.51. The highest BCUT2D eigenvalue weighted by molar-refractivity contribution is 7.92. The van der Waals surface area contributed by atoms with Crippen LogP contribution in [-0.2, 0) is 10.0 Å². The van der Waals surface area contributed by atoms with Gasteiger partial charge in [0, 0.05) is 25.4 Å². The predicted octanol–water partition coefficient (Wildman–Crippen LogP) is 2.34. The monoisotopic (exact) mass is 317 g/mol. The average Bonchev–Trinajstić information content (AvgIpc) is 2.44. The molecule has 0 saturated heterocycles. The third-order valence-electron chi connectivity index (χ3n) is 2.53. The zero-order valence-electron chi connectivity index (χ0n) is 10.7. The molecule has 1 heterocycles. The topological polar surface area (TPSA) is 71.1 Å². The Kier molecular flexibility index (Phi) is 4.03. The number of rotatable bonds is 4. The van der Waals surface area contributed by atoms with Crippen molar-refractivity contribution >= 4 is 21.5 Å². The summed E-state index contributed by atoms with van der Waals surface area (Å²) in [7, 11) is -2.81. The number of anilines is 2. The van der Waals surface area contributed by atoms with Crippen LogP contribution in [0, 0.1) is 17.5 Å². The molecular weight excluding hydrogens is 307 g/mol. The zero-order valence-corrected chi connectivity index (χ0v) is 11.5. The highest BCUT2D eigenvalue weighted by Gasteiger charge is 2.22. The third-order valence-corrected chi connectivity index (χ3v) is 3.93. The van der Waals surface area contributed by atoms with E-state index in [9.17, 15) is 21.6 Å². The summed E-state index contributed by atoms with van der Waals surface area (Å²) in [5.41, 5.74) is -0.821. The lowest BCUT2D eigenvalue weighted by Gasteiger charge is -2.12.